The summed E-state index contributed by atoms with van der Waals surface area (Å²) in [4.78, 5) is 15.6. The summed E-state index contributed by atoms with van der Waals surface area (Å²) in [5.41, 5.74) is -0.296. The molecule has 0 saturated heterocycles. The van der Waals surface area contributed by atoms with E-state index >= 15 is 0 Å². The zero-order chi connectivity index (χ0) is 16.9. The first kappa shape index (κ1) is 17.5. The van der Waals surface area contributed by atoms with Crippen molar-refractivity contribution in [2.75, 3.05) is 13.2 Å². The van der Waals surface area contributed by atoms with Gasteiger partial charge in [0, 0.05) is 15.8 Å². The highest BCUT2D eigenvalue weighted by Gasteiger charge is 2.30. The second-order valence-corrected chi connectivity index (χ2v) is 5.63. The van der Waals surface area contributed by atoms with Crippen LogP contribution < -0.4 is 10.1 Å². The first-order valence-corrected chi connectivity index (χ1v) is 7.64. The zero-order valence-electron chi connectivity index (χ0n) is 11.7. The average Bonchev–Trinajstić information content (AvgIpc) is 2.51. The monoisotopic (exact) mass is 436 g/mol. The molecule has 0 aliphatic carbocycles. The molecule has 0 atom stereocenters. The highest BCUT2D eigenvalue weighted by molar-refractivity contribution is 14.1. The molecule has 1 aromatic heterocycles. The number of hydrogen-bond donors (Lipinski definition) is 1. The van der Waals surface area contributed by atoms with Gasteiger partial charge >= 0.3 is 6.18 Å². The number of benzene rings is 1. The Hall–Kier alpha value is -1.84. The Kier molecular flexibility index (Phi) is 5.80. The maximum atomic E-state index is 12.5. The largest absolute Gasteiger partial charge is 0.476 e. The van der Waals surface area contributed by atoms with Crippen LogP contribution in [0, 0.1) is 3.57 Å². The van der Waals surface area contributed by atoms with Crippen molar-refractivity contribution in [2.45, 2.75) is 6.18 Å². The summed E-state index contributed by atoms with van der Waals surface area (Å²) >= 11 is 2.05. The van der Waals surface area contributed by atoms with Crippen molar-refractivity contribution in [3.05, 3.63) is 57.3 Å². The van der Waals surface area contributed by atoms with Crippen molar-refractivity contribution in [1.29, 1.82) is 0 Å². The van der Waals surface area contributed by atoms with E-state index in [0.29, 0.717) is 5.56 Å². The first-order valence-electron chi connectivity index (χ1n) is 6.56. The number of carbonyl (C=O) groups is 1. The SMILES string of the molecule is O=C(NCCOc1cc(C(F)(F)F)ccn1)c1ccccc1I. The lowest BCUT2D eigenvalue weighted by atomic mass is 10.2. The third-order valence-electron chi connectivity index (χ3n) is 2.82. The summed E-state index contributed by atoms with van der Waals surface area (Å²) in [7, 11) is 0. The third kappa shape index (κ3) is 5.08. The van der Waals surface area contributed by atoms with Gasteiger partial charge in [0.25, 0.3) is 5.91 Å². The molecular weight excluding hydrogens is 424 g/mol. The molecular formula is C15H12F3IN2O2. The minimum absolute atomic E-state index is 0.0173. The maximum absolute atomic E-state index is 12.5. The van der Waals surface area contributed by atoms with Gasteiger partial charge < -0.3 is 10.1 Å². The summed E-state index contributed by atoms with van der Waals surface area (Å²) in [6.07, 6.45) is -3.41. The van der Waals surface area contributed by atoms with Gasteiger partial charge in [0.15, 0.2) is 0 Å². The molecule has 1 aromatic carbocycles. The molecule has 0 aliphatic rings. The highest BCUT2D eigenvalue weighted by Crippen LogP contribution is 2.30. The number of aromatic nitrogens is 1. The van der Waals surface area contributed by atoms with E-state index in [1.807, 2.05) is 28.7 Å². The van der Waals surface area contributed by atoms with Gasteiger partial charge in [-0.05, 0) is 40.8 Å². The number of alkyl halides is 3. The normalized spacial score (nSPS) is 11.1. The molecule has 0 fully saturated rings. The van der Waals surface area contributed by atoms with Crippen LogP contribution in [-0.2, 0) is 6.18 Å². The van der Waals surface area contributed by atoms with E-state index < -0.39 is 11.7 Å². The van der Waals surface area contributed by atoms with E-state index in [4.69, 9.17) is 4.74 Å². The predicted molar refractivity (Wildman–Crippen MR) is 86.2 cm³/mol. The van der Waals surface area contributed by atoms with E-state index in [1.165, 1.54) is 0 Å². The number of rotatable bonds is 5. The number of halogens is 4. The second-order valence-electron chi connectivity index (χ2n) is 4.46. The summed E-state index contributed by atoms with van der Waals surface area (Å²) in [6.45, 7) is 0.172. The summed E-state index contributed by atoms with van der Waals surface area (Å²) in [5, 5.41) is 2.64. The van der Waals surface area contributed by atoms with E-state index in [-0.39, 0.29) is 24.9 Å². The molecule has 0 aliphatic heterocycles. The molecule has 0 unspecified atom stereocenters. The van der Waals surface area contributed by atoms with Crippen molar-refractivity contribution in [1.82, 2.24) is 10.3 Å². The van der Waals surface area contributed by atoms with Crippen molar-refractivity contribution in [3.63, 3.8) is 0 Å². The van der Waals surface area contributed by atoms with Crippen LogP contribution >= 0.6 is 22.6 Å². The van der Waals surface area contributed by atoms with Gasteiger partial charge in [-0.25, -0.2) is 4.98 Å². The van der Waals surface area contributed by atoms with Crippen LogP contribution in [0.25, 0.3) is 0 Å². The Morgan fingerprint density at radius 3 is 2.70 bits per heavy atom. The van der Waals surface area contributed by atoms with E-state index in [2.05, 4.69) is 10.3 Å². The molecule has 4 nitrogen and oxygen atoms in total. The molecule has 0 spiro atoms. The Morgan fingerprint density at radius 1 is 1.26 bits per heavy atom. The second kappa shape index (κ2) is 7.62. The fraction of sp³-hybridized carbons (Fsp3) is 0.200. The lowest BCUT2D eigenvalue weighted by Gasteiger charge is -2.10. The number of nitrogens with one attached hydrogen (secondary N) is 1. The van der Waals surface area contributed by atoms with Crippen LogP contribution in [0.2, 0.25) is 0 Å². The Bertz CT molecular complexity index is 692. The quantitative estimate of drug-likeness (QED) is 0.577. The maximum Gasteiger partial charge on any atom is 0.416 e. The van der Waals surface area contributed by atoms with E-state index in [1.54, 1.807) is 18.2 Å². The number of pyridine rings is 1. The molecule has 23 heavy (non-hydrogen) atoms. The summed E-state index contributed by atoms with van der Waals surface area (Å²) < 4.78 is 43.6. The smallest absolute Gasteiger partial charge is 0.416 e. The number of ether oxygens (including phenoxy) is 1. The number of hydrogen-bond acceptors (Lipinski definition) is 3. The fourth-order valence-corrected chi connectivity index (χ4v) is 2.36. The Morgan fingerprint density at radius 2 is 2.00 bits per heavy atom. The average molecular weight is 436 g/mol. The molecule has 0 radical (unpaired) electrons. The van der Waals surface area contributed by atoms with Crippen LogP contribution in [0.3, 0.4) is 0 Å². The lowest BCUT2D eigenvalue weighted by Crippen LogP contribution is -2.28. The first-order chi connectivity index (χ1) is 10.9. The molecule has 0 bridgehead atoms. The van der Waals surface area contributed by atoms with Gasteiger partial charge in [0.05, 0.1) is 17.7 Å². The number of carbonyl (C=O) groups excluding carboxylic acids is 1. The van der Waals surface area contributed by atoms with Gasteiger partial charge in [0.2, 0.25) is 5.88 Å². The number of nitrogens with zero attached hydrogens (tertiary/aromatic N) is 1. The summed E-state index contributed by atoms with van der Waals surface area (Å²) in [6, 6.07) is 8.75. The van der Waals surface area contributed by atoms with Crippen LogP contribution in [0.4, 0.5) is 13.2 Å². The zero-order valence-corrected chi connectivity index (χ0v) is 13.9. The van der Waals surface area contributed by atoms with Crippen molar-refractivity contribution >= 4 is 28.5 Å². The number of amides is 1. The van der Waals surface area contributed by atoms with Crippen LogP contribution in [0.15, 0.2) is 42.6 Å². The highest BCUT2D eigenvalue weighted by atomic mass is 127. The van der Waals surface area contributed by atoms with E-state index in [9.17, 15) is 18.0 Å². The molecule has 2 rings (SSSR count). The standard InChI is InChI=1S/C15H12F3IN2O2/c16-15(17,18)10-5-6-20-13(9-10)23-8-7-21-14(22)11-3-1-2-4-12(11)19/h1-6,9H,7-8H2,(H,21,22). The Labute approximate surface area is 144 Å². The van der Waals surface area contributed by atoms with E-state index in [0.717, 1.165) is 21.9 Å². The molecule has 0 saturated carbocycles. The summed E-state index contributed by atoms with van der Waals surface area (Å²) in [5.74, 6) is -0.404. The van der Waals surface area contributed by atoms with Crippen molar-refractivity contribution in [2.24, 2.45) is 0 Å². The third-order valence-corrected chi connectivity index (χ3v) is 3.76. The van der Waals surface area contributed by atoms with Gasteiger partial charge in [-0.3, -0.25) is 4.79 Å². The molecule has 122 valence electrons. The van der Waals surface area contributed by atoms with Gasteiger partial charge in [0.1, 0.15) is 6.61 Å². The van der Waals surface area contributed by atoms with Crippen LogP contribution in [-0.4, -0.2) is 24.0 Å². The van der Waals surface area contributed by atoms with Crippen molar-refractivity contribution < 1.29 is 22.7 Å². The lowest BCUT2D eigenvalue weighted by molar-refractivity contribution is -0.137. The minimum Gasteiger partial charge on any atom is -0.476 e. The van der Waals surface area contributed by atoms with Gasteiger partial charge in [-0.2, -0.15) is 13.2 Å². The topological polar surface area (TPSA) is 51.2 Å². The predicted octanol–water partition coefficient (Wildman–Crippen LogP) is 3.51. The molecule has 1 amide bonds. The fourth-order valence-electron chi connectivity index (χ4n) is 1.73. The van der Waals surface area contributed by atoms with Crippen LogP contribution in [0.1, 0.15) is 15.9 Å². The minimum atomic E-state index is -4.45. The molecule has 2 aromatic rings. The van der Waals surface area contributed by atoms with Crippen molar-refractivity contribution in [3.8, 4) is 5.88 Å². The molecule has 1 N–H and O–H groups in total. The van der Waals surface area contributed by atoms with Gasteiger partial charge in [-0.15, -0.1) is 0 Å². The molecule has 8 heteroatoms. The molecule has 1 heterocycles. The Balaban J connectivity index is 1.84. The van der Waals surface area contributed by atoms with Gasteiger partial charge in [-0.1, -0.05) is 12.1 Å². The van der Waals surface area contributed by atoms with Crippen LogP contribution in [0.5, 0.6) is 5.88 Å².